The molecule has 0 heterocycles. The van der Waals surface area contributed by atoms with Crippen LogP contribution in [-0.2, 0) is 8.23 Å². The van der Waals surface area contributed by atoms with Gasteiger partial charge in [0.15, 0.2) is 0 Å². The molecule has 0 aliphatic heterocycles. The zero-order valence-electron chi connectivity index (χ0n) is 11.8. The third kappa shape index (κ3) is 11.6. The Morgan fingerprint density at radius 2 is 1.38 bits per heavy atom. The van der Waals surface area contributed by atoms with E-state index in [1.165, 1.54) is 0 Å². The predicted octanol–water partition coefficient (Wildman–Crippen LogP) is 0.314. The topological polar surface area (TPSA) is 99.4 Å². The van der Waals surface area contributed by atoms with Crippen LogP contribution in [0, 0.1) is 0 Å². The van der Waals surface area contributed by atoms with Crippen molar-refractivity contribution in [1.82, 2.24) is 0 Å². The van der Waals surface area contributed by atoms with E-state index in [0.29, 0.717) is 42.6 Å². The molecule has 1 radical (unpaired) electrons. The van der Waals surface area contributed by atoms with Gasteiger partial charge < -0.3 is 27.4 Å². The lowest BCUT2D eigenvalue weighted by Gasteiger charge is -2.31. The molecule has 0 saturated heterocycles. The summed E-state index contributed by atoms with van der Waals surface area (Å²) in [6, 6.07) is 0.582. The highest BCUT2D eigenvalue weighted by Gasteiger charge is 2.48. The molecule has 1 unspecified atom stereocenters. The molecule has 0 saturated carbocycles. The molecule has 0 spiro atoms. The van der Waals surface area contributed by atoms with E-state index in [0.717, 1.165) is 0 Å². The first-order valence-electron chi connectivity index (χ1n) is 6.72. The quantitative estimate of drug-likeness (QED) is 0.175. The van der Waals surface area contributed by atoms with E-state index in [4.69, 9.17) is 8.23 Å². The van der Waals surface area contributed by atoms with Gasteiger partial charge in [0.05, 0.1) is 0 Å². The summed E-state index contributed by atoms with van der Waals surface area (Å²) in [5.41, 5.74) is 0. The Bertz CT molecular complexity index is 279. The summed E-state index contributed by atoms with van der Waals surface area (Å²) in [7, 11) is -10.0. The van der Waals surface area contributed by atoms with Gasteiger partial charge >= 0.3 is 26.9 Å². The van der Waals surface area contributed by atoms with Crippen LogP contribution in [0.4, 0.5) is 0 Å². The molecule has 0 aromatic carbocycles. The molecule has 0 aliphatic rings. The van der Waals surface area contributed by atoms with Gasteiger partial charge in [0.1, 0.15) is 0 Å². The van der Waals surface area contributed by atoms with Crippen LogP contribution < -0.4 is 0 Å². The molecule has 0 aromatic rings. The molecule has 127 valence electrons. The molecule has 0 rings (SSSR count). The van der Waals surface area contributed by atoms with E-state index in [1.807, 2.05) is 0 Å². The summed E-state index contributed by atoms with van der Waals surface area (Å²) in [6.45, 7) is 0. The van der Waals surface area contributed by atoms with Crippen molar-refractivity contribution in [3.63, 3.8) is 0 Å². The van der Waals surface area contributed by atoms with Crippen LogP contribution in [0.1, 0.15) is 19.3 Å². The van der Waals surface area contributed by atoms with Crippen molar-refractivity contribution in [2.24, 2.45) is 0 Å². The second-order valence-electron chi connectivity index (χ2n) is 4.54. The summed E-state index contributed by atoms with van der Waals surface area (Å²) in [4.78, 5) is 40.1. The third-order valence-corrected chi connectivity index (χ3v) is 11.0. The van der Waals surface area contributed by atoms with Crippen LogP contribution in [0.3, 0.4) is 0 Å². The van der Waals surface area contributed by atoms with E-state index >= 15 is 0 Å². The zero-order valence-corrected chi connectivity index (χ0v) is 17.5. The maximum atomic E-state index is 10.4. The molecule has 0 aromatic heterocycles. The first kappa shape index (κ1) is 22.5. The van der Waals surface area contributed by atoms with Crippen molar-refractivity contribution < 1.29 is 27.4 Å². The van der Waals surface area contributed by atoms with Crippen molar-refractivity contribution in [3.8, 4) is 0 Å². The SMILES string of the molecule is O[Si](CCCS)O[Si](O)(CCCS)O[Si](O)(O)CCCS. The van der Waals surface area contributed by atoms with E-state index in [9.17, 15) is 19.2 Å². The minimum Gasteiger partial charge on any atom is -0.410 e. The van der Waals surface area contributed by atoms with E-state index in [2.05, 4.69) is 37.9 Å². The van der Waals surface area contributed by atoms with E-state index in [1.54, 1.807) is 0 Å². The first-order chi connectivity index (χ1) is 9.78. The van der Waals surface area contributed by atoms with Gasteiger partial charge in [-0.25, -0.2) is 0 Å². The zero-order chi connectivity index (χ0) is 16.4. The van der Waals surface area contributed by atoms with Crippen molar-refractivity contribution in [2.45, 2.75) is 37.4 Å². The van der Waals surface area contributed by atoms with E-state index in [-0.39, 0.29) is 12.1 Å². The smallest absolute Gasteiger partial charge is 0.410 e. The Morgan fingerprint density at radius 3 is 1.90 bits per heavy atom. The van der Waals surface area contributed by atoms with Gasteiger partial charge in [0.2, 0.25) is 0 Å². The first-order valence-corrected chi connectivity index (χ1v) is 14.2. The van der Waals surface area contributed by atoms with Crippen molar-refractivity contribution >= 4 is 64.8 Å². The fourth-order valence-corrected chi connectivity index (χ4v) is 10.3. The maximum Gasteiger partial charge on any atom is 0.488 e. The van der Waals surface area contributed by atoms with Gasteiger partial charge in [0, 0.05) is 12.1 Å². The van der Waals surface area contributed by atoms with Crippen molar-refractivity contribution in [1.29, 1.82) is 0 Å². The normalized spacial score (nSPS) is 15.4. The highest BCUT2D eigenvalue weighted by molar-refractivity contribution is 7.80. The minimum absolute atomic E-state index is 0.0419. The molecule has 4 N–H and O–H groups in total. The van der Waals surface area contributed by atoms with E-state index < -0.39 is 26.9 Å². The molecule has 0 fully saturated rings. The highest BCUT2D eigenvalue weighted by atomic mass is 32.1. The van der Waals surface area contributed by atoms with Crippen LogP contribution in [0.25, 0.3) is 0 Å². The van der Waals surface area contributed by atoms with Gasteiger partial charge in [-0.3, -0.25) is 0 Å². The Labute approximate surface area is 146 Å². The predicted molar refractivity (Wildman–Crippen MR) is 98.1 cm³/mol. The lowest BCUT2D eigenvalue weighted by atomic mass is 10.6. The molecule has 21 heavy (non-hydrogen) atoms. The van der Waals surface area contributed by atoms with Gasteiger partial charge in [-0.05, 0) is 42.6 Å². The fraction of sp³-hybridized carbons (Fsp3) is 1.00. The molecule has 0 amide bonds. The second-order valence-corrected chi connectivity index (χ2v) is 12.7. The standard InChI is InChI=1S/C9H25O6S3Si3/c10-19(7-1-4-16)14-21(13,9-3-6-18)15-20(11,12)8-2-5-17/h10-13,16-18H,1-9H2. The van der Waals surface area contributed by atoms with Crippen molar-refractivity contribution in [3.05, 3.63) is 0 Å². The Morgan fingerprint density at radius 1 is 0.857 bits per heavy atom. The van der Waals surface area contributed by atoms with Crippen molar-refractivity contribution in [2.75, 3.05) is 17.3 Å². The van der Waals surface area contributed by atoms with Gasteiger partial charge in [-0.15, -0.1) is 0 Å². The molecular formula is C9H25O6S3Si3. The third-order valence-electron chi connectivity index (χ3n) is 2.46. The van der Waals surface area contributed by atoms with Crippen LogP contribution in [0.15, 0.2) is 0 Å². The van der Waals surface area contributed by atoms with Gasteiger partial charge in [0.25, 0.3) is 0 Å². The van der Waals surface area contributed by atoms with Crippen LogP contribution in [0.2, 0.25) is 18.1 Å². The van der Waals surface area contributed by atoms with Crippen LogP contribution in [0.5, 0.6) is 0 Å². The lowest BCUT2D eigenvalue weighted by Crippen LogP contribution is -2.56. The monoisotopic (exact) mass is 409 g/mol. The average Bonchev–Trinajstić information content (AvgIpc) is 2.40. The number of hydrogen-bond acceptors (Lipinski definition) is 9. The van der Waals surface area contributed by atoms with Crippen LogP contribution >= 0.6 is 37.9 Å². The van der Waals surface area contributed by atoms with Gasteiger partial charge in [-0.2, -0.15) is 37.9 Å². The molecule has 6 nitrogen and oxygen atoms in total. The maximum absolute atomic E-state index is 10.4. The molecular weight excluding hydrogens is 385 g/mol. The molecule has 0 aliphatic carbocycles. The van der Waals surface area contributed by atoms with Gasteiger partial charge in [-0.1, -0.05) is 0 Å². The van der Waals surface area contributed by atoms with Crippen LogP contribution in [-0.4, -0.2) is 63.3 Å². The summed E-state index contributed by atoms with van der Waals surface area (Å²) < 4.78 is 10.5. The number of hydrogen-bond donors (Lipinski definition) is 7. The summed E-state index contributed by atoms with van der Waals surface area (Å²) in [6.07, 6.45) is 1.63. The number of rotatable bonds is 13. The molecule has 1 atom stereocenters. The Balaban J connectivity index is 4.65. The fourth-order valence-electron chi connectivity index (χ4n) is 1.51. The summed E-state index contributed by atoms with van der Waals surface area (Å²) in [5, 5.41) is 0. The lowest BCUT2D eigenvalue weighted by molar-refractivity contribution is 0.152. The largest absolute Gasteiger partial charge is 0.488 e. The average molecular weight is 410 g/mol. The Kier molecular flexibility index (Phi) is 12.7. The minimum atomic E-state index is -4.00. The summed E-state index contributed by atoms with van der Waals surface area (Å²) >= 11 is 12.1. The molecule has 0 bridgehead atoms. The second kappa shape index (κ2) is 11.9. The molecule has 12 heteroatoms. The highest BCUT2D eigenvalue weighted by Crippen LogP contribution is 2.21. The Hall–Kier alpha value is 1.46. The summed E-state index contributed by atoms with van der Waals surface area (Å²) in [5.74, 6) is 1.61. The number of thiol groups is 3.